The van der Waals surface area contributed by atoms with Crippen molar-refractivity contribution in [1.29, 1.82) is 0 Å². The summed E-state index contributed by atoms with van der Waals surface area (Å²) in [5.41, 5.74) is 3.99. The first kappa shape index (κ1) is 26.8. The average molecular weight is 514 g/mol. The number of nitrogens with zero attached hydrogens (tertiary/aromatic N) is 2. The number of rotatable bonds is 11. The quantitative estimate of drug-likeness (QED) is 0.310. The van der Waals surface area contributed by atoms with Crippen LogP contribution in [-0.2, 0) is 21.4 Å². The van der Waals surface area contributed by atoms with Crippen molar-refractivity contribution in [2.24, 2.45) is 5.10 Å². The molecule has 0 saturated carbocycles. The predicted molar refractivity (Wildman–Crippen MR) is 135 cm³/mol. The number of carbonyl (C=O) groups is 1. The summed E-state index contributed by atoms with van der Waals surface area (Å²) in [6, 6.07) is 17.2. The van der Waals surface area contributed by atoms with Crippen molar-refractivity contribution in [3.63, 3.8) is 0 Å². The fraction of sp³-hybridized carbons (Fsp3) is 0.231. The largest absolute Gasteiger partial charge is 0.493 e. The van der Waals surface area contributed by atoms with Gasteiger partial charge in [0.1, 0.15) is 5.82 Å². The van der Waals surface area contributed by atoms with Gasteiger partial charge in [-0.25, -0.2) is 18.2 Å². The van der Waals surface area contributed by atoms with E-state index >= 15 is 0 Å². The lowest BCUT2D eigenvalue weighted by Gasteiger charge is -2.22. The molecule has 1 amide bonds. The van der Waals surface area contributed by atoms with Gasteiger partial charge in [-0.3, -0.25) is 4.79 Å². The number of hydrogen-bond donors (Lipinski definition) is 1. The Morgan fingerprint density at radius 2 is 1.81 bits per heavy atom. The topological polar surface area (TPSA) is 97.3 Å². The first-order chi connectivity index (χ1) is 17.2. The van der Waals surface area contributed by atoms with Crippen molar-refractivity contribution in [2.75, 3.05) is 20.3 Å². The number of carbonyl (C=O) groups excluding carboxylic acids is 1. The van der Waals surface area contributed by atoms with E-state index in [9.17, 15) is 17.6 Å². The summed E-state index contributed by atoms with van der Waals surface area (Å²) in [7, 11) is -2.59. The molecule has 1 N–H and O–H groups in total. The minimum absolute atomic E-state index is 0.00206. The molecule has 190 valence electrons. The third kappa shape index (κ3) is 6.89. The average Bonchev–Trinajstić information content (AvgIpc) is 2.86. The van der Waals surface area contributed by atoms with Crippen molar-refractivity contribution in [3.05, 3.63) is 89.2 Å². The smallest absolute Gasteiger partial charge is 0.255 e. The number of methoxy groups -OCH3 is 1. The fourth-order valence-corrected chi connectivity index (χ4v) is 4.69. The zero-order chi connectivity index (χ0) is 26.1. The molecule has 0 heterocycles. The standard InChI is InChI=1S/C26H28FN3O5S/c1-4-35-24-14-11-20(15-25(24)34-3)16-28-29-26(31)18-30(17-21-7-5-6-8-23(21)27)36(32,33)22-12-9-19(2)10-13-22/h5-16H,4,17-18H2,1-3H3,(H,29,31)/b28-16-. The molecule has 8 nitrogen and oxygen atoms in total. The highest BCUT2D eigenvalue weighted by molar-refractivity contribution is 7.89. The highest BCUT2D eigenvalue weighted by Crippen LogP contribution is 2.27. The summed E-state index contributed by atoms with van der Waals surface area (Å²) >= 11 is 0. The molecule has 3 aromatic carbocycles. The summed E-state index contributed by atoms with van der Waals surface area (Å²) < 4.78 is 52.6. The van der Waals surface area contributed by atoms with Gasteiger partial charge in [0.2, 0.25) is 10.0 Å². The molecule has 36 heavy (non-hydrogen) atoms. The number of ether oxygens (including phenoxy) is 2. The van der Waals surface area contributed by atoms with E-state index < -0.39 is 28.3 Å². The Morgan fingerprint density at radius 1 is 1.08 bits per heavy atom. The Hall–Kier alpha value is -3.76. The van der Waals surface area contributed by atoms with Gasteiger partial charge in [-0.2, -0.15) is 9.41 Å². The summed E-state index contributed by atoms with van der Waals surface area (Å²) in [5.74, 6) is -0.167. The van der Waals surface area contributed by atoms with E-state index in [4.69, 9.17) is 9.47 Å². The number of aryl methyl sites for hydroxylation is 1. The highest BCUT2D eigenvalue weighted by atomic mass is 32.2. The zero-order valence-corrected chi connectivity index (χ0v) is 21.1. The molecule has 0 atom stereocenters. The molecule has 0 saturated heterocycles. The van der Waals surface area contributed by atoms with E-state index in [2.05, 4.69) is 10.5 Å². The predicted octanol–water partition coefficient (Wildman–Crippen LogP) is 3.88. The van der Waals surface area contributed by atoms with Crippen LogP contribution in [0.5, 0.6) is 11.5 Å². The van der Waals surface area contributed by atoms with Gasteiger partial charge in [0.25, 0.3) is 5.91 Å². The first-order valence-corrected chi connectivity index (χ1v) is 12.6. The molecule has 0 spiro atoms. The van der Waals surface area contributed by atoms with E-state index in [0.29, 0.717) is 23.7 Å². The maximum atomic E-state index is 14.3. The van der Waals surface area contributed by atoms with Crippen molar-refractivity contribution in [1.82, 2.24) is 9.73 Å². The molecule has 3 aromatic rings. The second kappa shape index (κ2) is 12.3. The molecule has 0 aliphatic heterocycles. The normalized spacial score (nSPS) is 11.6. The molecule has 0 radical (unpaired) electrons. The van der Waals surface area contributed by atoms with E-state index in [1.807, 2.05) is 13.8 Å². The van der Waals surface area contributed by atoms with Crippen LogP contribution in [0.15, 0.2) is 76.7 Å². The lowest BCUT2D eigenvalue weighted by atomic mass is 10.2. The Labute approximate surface area is 210 Å². The van der Waals surface area contributed by atoms with Crippen LogP contribution in [0.2, 0.25) is 0 Å². The zero-order valence-electron chi connectivity index (χ0n) is 20.3. The van der Waals surface area contributed by atoms with Crippen molar-refractivity contribution in [2.45, 2.75) is 25.3 Å². The number of halogens is 1. The monoisotopic (exact) mass is 513 g/mol. The maximum absolute atomic E-state index is 14.3. The van der Waals surface area contributed by atoms with Gasteiger partial charge < -0.3 is 9.47 Å². The van der Waals surface area contributed by atoms with Gasteiger partial charge in [-0.05, 0) is 55.8 Å². The van der Waals surface area contributed by atoms with E-state index in [-0.39, 0.29) is 17.0 Å². The van der Waals surface area contributed by atoms with E-state index in [1.54, 1.807) is 36.4 Å². The minimum Gasteiger partial charge on any atom is -0.493 e. The van der Waals surface area contributed by atoms with Gasteiger partial charge in [-0.1, -0.05) is 35.9 Å². The Morgan fingerprint density at radius 3 is 2.47 bits per heavy atom. The Bertz CT molecular complexity index is 1330. The SMILES string of the molecule is CCOc1ccc(/C=N\NC(=O)CN(Cc2ccccc2F)S(=O)(=O)c2ccc(C)cc2)cc1OC. The van der Waals surface area contributed by atoms with Gasteiger partial charge in [0, 0.05) is 12.1 Å². The molecule has 3 rings (SSSR count). The molecule has 0 fully saturated rings. The lowest BCUT2D eigenvalue weighted by Crippen LogP contribution is -2.39. The van der Waals surface area contributed by atoms with Crippen molar-refractivity contribution in [3.8, 4) is 11.5 Å². The number of hydrazone groups is 1. The third-order valence-electron chi connectivity index (χ3n) is 5.17. The number of nitrogens with one attached hydrogen (secondary N) is 1. The molecule has 0 aliphatic carbocycles. The van der Waals surface area contributed by atoms with Gasteiger partial charge >= 0.3 is 0 Å². The molecule has 0 aromatic heterocycles. The van der Waals surface area contributed by atoms with Gasteiger partial charge in [0.15, 0.2) is 11.5 Å². The summed E-state index contributed by atoms with van der Waals surface area (Å²) in [4.78, 5) is 12.6. The lowest BCUT2D eigenvalue weighted by molar-refractivity contribution is -0.121. The van der Waals surface area contributed by atoms with Gasteiger partial charge in [-0.15, -0.1) is 0 Å². The van der Waals surface area contributed by atoms with Crippen LogP contribution in [0.3, 0.4) is 0 Å². The number of benzene rings is 3. The van der Waals surface area contributed by atoms with Crippen LogP contribution in [0.1, 0.15) is 23.6 Å². The Kier molecular flexibility index (Phi) is 9.15. The summed E-state index contributed by atoms with van der Waals surface area (Å²) in [5, 5.41) is 3.92. The van der Waals surface area contributed by atoms with E-state index in [1.165, 1.54) is 43.7 Å². The number of hydrogen-bond acceptors (Lipinski definition) is 6. The third-order valence-corrected chi connectivity index (χ3v) is 6.98. The molecular weight excluding hydrogens is 485 g/mol. The molecule has 0 aliphatic rings. The summed E-state index contributed by atoms with van der Waals surface area (Å²) in [6.45, 7) is 3.29. The minimum atomic E-state index is -4.10. The fourth-order valence-electron chi connectivity index (χ4n) is 3.32. The van der Waals surface area contributed by atoms with Gasteiger partial charge in [0.05, 0.1) is 31.4 Å². The Balaban J connectivity index is 1.78. The second-order valence-corrected chi connectivity index (χ2v) is 9.75. The van der Waals surface area contributed by atoms with Crippen LogP contribution in [-0.4, -0.2) is 45.1 Å². The van der Waals surface area contributed by atoms with Crippen molar-refractivity contribution >= 4 is 22.1 Å². The molecule has 0 unspecified atom stereocenters. The summed E-state index contributed by atoms with van der Waals surface area (Å²) in [6.07, 6.45) is 1.39. The number of sulfonamides is 1. The first-order valence-electron chi connectivity index (χ1n) is 11.2. The van der Waals surface area contributed by atoms with E-state index in [0.717, 1.165) is 9.87 Å². The maximum Gasteiger partial charge on any atom is 0.255 e. The molecule has 0 bridgehead atoms. The van der Waals surface area contributed by atoms with Crippen LogP contribution in [0, 0.1) is 12.7 Å². The molecular formula is C26H28FN3O5S. The second-order valence-electron chi connectivity index (χ2n) is 7.81. The van der Waals surface area contributed by atoms with Crippen LogP contribution in [0.4, 0.5) is 4.39 Å². The number of amides is 1. The molecule has 10 heteroatoms. The van der Waals surface area contributed by atoms with Crippen LogP contribution >= 0.6 is 0 Å². The van der Waals surface area contributed by atoms with Crippen LogP contribution in [0.25, 0.3) is 0 Å². The highest BCUT2D eigenvalue weighted by Gasteiger charge is 2.27. The van der Waals surface area contributed by atoms with Crippen LogP contribution < -0.4 is 14.9 Å². The van der Waals surface area contributed by atoms with Crippen molar-refractivity contribution < 1.29 is 27.1 Å².